The molecule has 1 aliphatic carbocycles. The van der Waals surface area contributed by atoms with Crippen molar-refractivity contribution >= 4 is 5.78 Å². The Bertz CT molecular complexity index is 924. The predicted molar refractivity (Wildman–Crippen MR) is 152 cm³/mol. The van der Waals surface area contributed by atoms with Crippen LogP contribution in [0.1, 0.15) is 132 Å². The number of unbranched alkanes of at least 4 members (excludes halogenated alkanes) is 3. The topological polar surface area (TPSA) is 17.1 Å². The summed E-state index contributed by atoms with van der Waals surface area (Å²) >= 11 is 0. The summed E-state index contributed by atoms with van der Waals surface area (Å²) in [5.74, 6) is 2.86. The molecular weight excluding hydrogens is 424 g/mol. The Morgan fingerprint density at radius 1 is 0.743 bits per heavy atom. The smallest absolute Gasteiger partial charge is 0.162 e. The van der Waals surface area contributed by atoms with Crippen molar-refractivity contribution in [2.45, 2.75) is 118 Å². The van der Waals surface area contributed by atoms with Crippen molar-refractivity contribution in [2.24, 2.45) is 17.8 Å². The van der Waals surface area contributed by atoms with Crippen molar-refractivity contribution in [1.29, 1.82) is 0 Å². The van der Waals surface area contributed by atoms with Gasteiger partial charge in [-0.05, 0) is 77.3 Å². The van der Waals surface area contributed by atoms with Crippen LogP contribution in [0.5, 0.6) is 0 Å². The molecule has 0 heterocycles. The van der Waals surface area contributed by atoms with E-state index in [0.29, 0.717) is 12.2 Å². The third kappa shape index (κ3) is 8.62. The normalized spacial score (nSPS) is 12.6. The minimum atomic E-state index is 0.304. The summed E-state index contributed by atoms with van der Waals surface area (Å²) in [7, 11) is 0. The second kappa shape index (κ2) is 14.0. The van der Waals surface area contributed by atoms with Crippen LogP contribution >= 0.6 is 0 Å². The molecule has 192 valence electrons. The maximum absolute atomic E-state index is 12.6. The number of hydrogen-bond donors (Lipinski definition) is 0. The molecule has 0 radical (unpaired) electrons. The summed E-state index contributed by atoms with van der Waals surface area (Å²) in [5, 5.41) is 0. The molecule has 1 heteroatoms. The average molecular weight is 475 g/mol. The fourth-order valence-corrected chi connectivity index (χ4v) is 5.61. The van der Waals surface area contributed by atoms with Crippen LogP contribution in [0.3, 0.4) is 0 Å². The summed E-state index contributed by atoms with van der Waals surface area (Å²) in [5.41, 5.74) is 7.85. The highest BCUT2D eigenvalue weighted by atomic mass is 16.1. The van der Waals surface area contributed by atoms with Crippen molar-refractivity contribution in [1.82, 2.24) is 0 Å². The van der Waals surface area contributed by atoms with Gasteiger partial charge in [-0.3, -0.25) is 4.79 Å². The number of carbonyl (C=O) groups is 1. The lowest BCUT2D eigenvalue weighted by molar-refractivity contribution is 0.0979. The molecule has 0 amide bonds. The van der Waals surface area contributed by atoms with Crippen molar-refractivity contribution < 1.29 is 4.79 Å². The fourth-order valence-electron chi connectivity index (χ4n) is 5.61. The Morgan fingerprint density at radius 3 is 2.06 bits per heavy atom. The van der Waals surface area contributed by atoms with E-state index in [2.05, 4.69) is 65.0 Å². The number of ketones is 1. The van der Waals surface area contributed by atoms with Gasteiger partial charge in [-0.2, -0.15) is 0 Å². The van der Waals surface area contributed by atoms with E-state index >= 15 is 0 Å². The molecule has 0 N–H and O–H groups in total. The van der Waals surface area contributed by atoms with E-state index in [1.54, 1.807) is 0 Å². The van der Waals surface area contributed by atoms with Crippen LogP contribution < -0.4 is 0 Å². The number of aryl methyl sites for hydroxylation is 1. The monoisotopic (exact) mass is 474 g/mol. The molecule has 1 aliphatic rings. The van der Waals surface area contributed by atoms with Crippen LogP contribution in [0.15, 0.2) is 36.4 Å². The van der Waals surface area contributed by atoms with Gasteiger partial charge in [0.15, 0.2) is 5.78 Å². The van der Waals surface area contributed by atoms with E-state index in [-0.39, 0.29) is 0 Å². The second-order valence-corrected chi connectivity index (χ2v) is 12.0. The average Bonchev–Trinajstić information content (AvgIpc) is 3.19. The SMILES string of the molecule is CCCCCC(=O)c1ccc2c(c1)Cc1cc(CCCCC(CCC(C)C)CCC(C)C)ccc1-2. The molecule has 0 unspecified atom stereocenters. The van der Waals surface area contributed by atoms with Crippen molar-refractivity contribution in [3.8, 4) is 11.1 Å². The van der Waals surface area contributed by atoms with E-state index in [1.165, 1.54) is 79.2 Å². The summed E-state index contributed by atoms with van der Waals surface area (Å²) in [4.78, 5) is 12.6. The van der Waals surface area contributed by atoms with E-state index in [1.807, 2.05) is 6.07 Å². The first-order valence-corrected chi connectivity index (χ1v) is 14.7. The zero-order valence-electron chi connectivity index (χ0n) is 23.3. The Balaban J connectivity index is 1.51. The van der Waals surface area contributed by atoms with Gasteiger partial charge in [0.05, 0.1) is 0 Å². The molecule has 2 aromatic carbocycles. The zero-order chi connectivity index (χ0) is 25.2. The zero-order valence-corrected chi connectivity index (χ0v) is 23.3. The molecule has 0 aromatic heterocycles. The number of benzene rings is 2. The van der Waals surface area contributed by atoms with Gasteiger partial charge in [-0.25, -0.2) is 0 Å². The van der Waals surface area contributed by atoms with E-state index in [4.69, 9.17) is 0 Å². The van der Waals surface area contributed by atoms with E-state index < -0.39 is 0 Å². The van der Waals surface area contributed by atoms with Crippen LogP contribution in [-0.2, 0) is 12.8 Å². The standard InChI is InChI=1S/C34H50O/c1-6-7-8-13-34(35)29-19-21-33-31(23-29)24-30-22-28(18-20-32(30)33)12-10-9-11-27(16-14-25(2)3)17-15-26(4)5/h18-23,25-27H,6-17,24H2,1-5H3. The highest BCUT2D eigenvalue weighted by Crippen LogP contribution is 2.38. The molecule has 0 fully saturated rings. The summed E-state index contributed by atoms with van der Waals surface area (Å²) in [6.07, 6.45) is 15.7. The molecule has 0 aliphatic heterocycles. The van der Waals surface area contributed by atoms with Crippen molar-refractivity contribution in [3.05, 3.63) is 58.7 Å². The molecule has 2 aromatic rings. The van der Waals surface area contributed by atoms with Gasteiger partial charge in [0.25, 0.3) is 0 Å². The number of carbonyl (C=O) groups excluding carboxylic acids is 1. The maximum Gasteiger partial charge on any atom is 0.162 e. The van der Waals surface area contributed by atoms with Crippen LogP contribution in [0, 0.1) is 17.8 Å². The molecule has 0 spiro atoms. The van der Waals surface area contributed by atoms with Gasteiger partial charge in [-0.1, -0.05) is 116 Å². The first-order valence-electron chi connectivity index (χ1n) is 14.7. The largest absolute Gasteiger partial charge is 0.294 e. The van der Waals surface area contributed by atoms with Gasteiger partial charge in [-0.15, -0.1) is 0 Å². The van der Waals surface area contributed by atoms with Crippen molar-refractivity contribution in [2.75, 3.05) is 0 Å². The van der Waals surface area contributed by atoms with Crippen LogP contribution in [0.4, 0.5) is 0 Å². The lowest BCUT2D eigenvalue weighted by Gasteiger charge is -2.19. The molecular formula is C34H50O. The first-order chi connectivity index (χ1) is 16.9. The first kappa shape index (κ1) is 27.7. The maximum atomic E-state index is 12.6. The van der Waals surface area contributed by atoms with Crippen LogP contribution in [0.2, 0.25) is 0 Å². The summed E-state index contributed by atoms with van der Waals surface area (Å²) in [6.45, 7) is 11.6. The van der Waals surface area contributed by atoms with Gasteiger partial charge in [0.2, 0.25) is 0 Å². The number of hydrogen-bond acceptors (Lipinski definition) is 1. The Kier molecular flexibility index (Phi) is 11.1. The lowest BCUT2D eigenvalue weighted by Crippen LogP contribution is -2.05. The van der Waals surface area contributed by atoms with Crippen LogP contribution in [-0.4, -0.2) is 5.78 Å². The predicted octanol–water partition coefficient (Wildman–Crippen LogP) is 10.2. The third-order valence-corrected chi connectivity index (χ3v) is 7.91. The number of fused-ring (bicyclic) bond motifs is 3. The molecule has 1 nitrogen and oxygen atoms in total. The molecule has 0 saturated carbocycles. The Hall–Kier alpha value is -1.89. The van der Waals surface area contributed by atoms with Gasteiger partial charge < -0.3 is 0 Å². The fraction of sp³-hybridized carbons (Fsp3) is 0.618. The molecule has 0 saturated heterocycles. The molecule has 0 bridgehead atoms. The number of Topliss-reactive ketones (excluding diaryl/α,β-unsaturated/α-hetero) is 1. The van der Waals surface area contributed by atoms with Crippen LogP contribution in [0.25, 0.3) is 11.1 Å². The Morgan fingerprint density at radius 2 is 1.40 bits per heavy atom. The third-order valence-electron chi connectivity index (χ3n) is 7.91. The highest BCUT2D eigenvalue weighted by Gasteiger charge is 2.20. The summed E-state index contributed by atoms with van der Waals surface area (Å²) < 4.78 is 0. The lowest BCUT2D eigenvalue weighted by atomic mass is 9.87. The second-order valence-electron chi connectivity index (χ2n) is 12.0. The van der Waals surface area contributed by atoms with E-state index in [9.17, 15) is 4.79 Å². The van der Waals surface area contributed by atoms with E-state index in [0.717, 1.165) is 49.0 Å². The molecule has 3 rings (SSSR count). The van der Waals surface area contributed by atoms with Gasteiger partial charge in [0, 0.05) is 12.0 Å². The highest BCUT2D eigenvalue weighted by molar-refractivity contribution is 5.97. The molecule has 0 atom stereocenters. The summed E-state index contributed by atoms with van der Waals surface area (Å²) in [6, 6.07) is 13.5. The minimum Gasteiger partial charge on any atom is -0.294 e. The van der Waals surface area contributed by atoms with Gasteiger partial charge >= 0.3 is 0 Å². The quantitative estimate of drug-likeness (QED) is 0.149. The number of rotatable bonds is 16. The Labute approximate surface area is 216 Å². The molecule has 35 heavy (non-hydrogen) atoms. The minimum absolute atomic E-state index is 0.304. The van der Waals surface area contributed by atoms with Crippen molar-refractivity contribution in [3.63, 3.8) is 0 Å². The van der Waals surface area contributed by atoms with Gasteiger partial charge in [0.1, 0.15) is 0 Å².